The second-order valence-electron chi connectivity index (χ2n) is 5.40. The lowest BCUT2D eigenvalue weighted by molar-refractivity contribution is 0.101. The van der Waals surface area contributed by atoms with E-state index in [4.69, 9.17) is 11.6 Å². The van der Waals surface area contributed by atoms with Crippen LogP contribution in [0.3, 0.4) is 0 Å². The summed E-state index contributed by atoms with van der Waals surface area (Å²) < 4.78 is 13.8. The van der Waals surface area contributed by atoms with Crippen molar-refractivity contribution in [2.75, 3.05) is 18.0 Å². The van der Waals surface area contributed by atoms with Gasteiger partial charge in [-0.1, -0.05) is 11.6 Å². The Kier molecular flexibility index (Phi) is 3.81. The van der Waals surface area contributed by atoms with Crippen LogP contribution in [-0.2, 0) is 0 Å². The Labute approximate surface area is 127 Å². The summed E-state index contributed by atoms with van der Waals surface area (Å²) in [5.74, 6) is -0.0829. The molecule has 0 spiro atoms. The number of halogens is 2. The lowest BCUT2D eigenvalue weighted by Crippen LogP contribution is -2.37. The van der Waals surface area contributed by atoms with Crippen LogP contribution >= 0.6 is 11.6 Å². The molecule has 1 aromatic carbocycles. The van der Waals surface area contributed by atoms with Crippen molar-refractivity contribution in [3.05, 3.63) is 35.0 Å². The minimum Gasteiger partial charge on any atom is -0.366 e. The van der Waals surface area contributed by atoms with Crippen LogP contribution in [0.25, 0.3) is 10.9 Å². The fourth-order valence-corrected chi connectivity index (χ4v) is 3.17. The third-order valence-corrected chi connectivity index (χ3v) is 4.19. The maximum Gasteiger partial charge on any atom is 0.162 e. The number of rotatable bonds is 2. The van der Waals surface area contributed by atoms with Crippen LogP contribution in [0.15, 0.2) is 24.4 Å². The molecule has 0 N–H and O–H groups in total. The van der Waals surface area contributed by atoms with Crippen molar-refractivity contribution in [3.63, 3.8) is 0 Å². The summed E-state index contributed by atoms with van der Waals surface area (Å²) in [6.45, 7) is 2.53. The molecule has 2 aromatic rings. The molecule has 0 saturated carbocycles. The topological polar surface area (TPSA) is 33.2 Å². The van der Waals surface area contributed by atoms with Gasteiger partial charge in [0.05, 0.1) is 16.2 Å². The number of hydrogen-bond donors (Lipinski definition) is 0. The molecule has 5 heteroatoms. The van der Waals surface area contributed by atoms with Crippen molar-refractivity contribution < 1.29 is 9.18 Å². The van der Waals surface area contributed by atoms with Gasteiger partial charge in [-0.15, -0.1) is 0 Å². The first-order valence-corrected chi connectivity index (χ1v) is 7.43. The number of carbonyl (C=O) groups is 1. The largest absolute Gasteiger partial charge is 0.366 e. The van der Waals surface area contributed by atoms with Gasteiger partial charge < -0.3 is 4.90 Å². The SMILES string of the molecule is CC(=O)c1cc(Cl)c2cccnc2c1N1CCCC(F)C1. The van der Waals surface area contributed by atoms with Crippen molar-refractivity contribution in [2.24, 2.45) is 0 Å². The molecule has 1 saturated heterocycles. The Morgan fingerprint density at radius 1 is 1.52 bits per heavy atom. The number of nitrogens with zero attached hydrogens (tertiary/aromatic N) is 2. The predicted octanol–water partition coefficient (Wildman–Crippen LogP) is 4.03. The summed E-state index contributed by atoms with van der Waals surface area (Å²) in [5, 5.41) is 1.29. The van der Waals surface area contributed by atoms with Gasteiger partial charge in [0.1, 0.15) is 6.17 Å². The molecule has 0 bridgehead atoms. The summed E-state index contributed by atoms with van der Waals surface area (Å²) >= 11 is 6.26. The van der Waals surface area contributed by atoms with Crippen molar-refractivity contribution in [3.8, 4) is 0 Å². The maximum absolute atomic E-state index is 13.8. The van der Waals surface area contributed by atoms with Crippen LogP contribution in [-0.4, -0.2) is 30.0 Å². The van der Waals surface area contributed by atoms with E-state index in [1.807, 2.05) is 11.0 Å². The Morgan fingerprint density at radius 2 is 2.33 bits per heavy atom. The molecule has 3 rings (SSSR count). The number of aromatic nitrogens is 1. The van der Waals surface area contributed by atoms with Crippen LogP contribution in [0, 0.1) is 0 Å². The lowest BCUT2D eigenvalue weighted by Gasteiger charge is -2.32. The molecule has 110 valence electrons. The van der Waals surface area contributed by atoms with E-state index in [1.54, 1.807) is 18.3 Å². The van der Waals surface area contributed by atoms with Gasteiger partial charge in [0.2, 0.25) is 0 Å². The molecule has 0 aliphatic carbocycles. The molecule has 3 nitrogen and oxygen atoms in total. The second kappa shape index (κ2) is 5.60. The molecule has 1 fully saturated rings. The monoisotopic (exact) mass is 306 g/mol. The maximum atomic E-state index is 13.8. The van der Waals surface area contributed by atoms with Crippen LogP contribution < -0.4 is 4.90 Å². The first kappa shape index (κ1) is 14.3. The van der Waals surface area contributed by atoms with E-state index in [2.05, 4.69) is 4.98 Å². The molecular weight excluding hydrogens is 291 g/mol. The highest BCUT2D eigenvalue weighted by molar-refractivity contribution is 6.36. The number of piperidine rings is 1. The van der Waals surface area contributed by atoms with Gasteiger partial charge in [-0.3, -0.25) is 9.78 Å². The number of benzene rings is 1. The Morgan fingerprint density at radius 3 is 3.05 bits per heavy atom. The second-order valence-corrected chi connectivity index (χ2v) is 5.80. The normalized spacial score (nSPS) is 19.0. The molecule has 1 atom stereocenters. The minimum absolute atomic E-state index is 0.0829. The van der Waals surface area contributed by atoms with Crippen LogP contribution in [0.5, 0.6) is 0 Å². The summed E-state index contributed by atoms with van der Waals surface area (Å²) in [7, 11) is 0. The standard InChI is InChI=1S/C16H16ClFN2O/c1-10(21)13-8-14(17)12-5-2-6-19-15(12)16(13)20-7-3-4-11(18)9-20/h2,5-6,8,11H,3-4,7,9H2,1H3. The van der Waals surface area contributed by atoms with E-state index in [0.717, 1.165) is 18.4 Å². The first-order chi connectivity index (χ1) is 10.1. The van der Waals surface area contributed by atoms with Gasteiger partial charge in [-0.25, -0.2) is 4.39 Å². The highest BCUT2D eigenvalue weighted by atomic mass is 35.5. The van der Waals surface area contributed by atoms with E-state index < -0.39 is 6.17 Å². The molecule has 0 radical (unpaired) electrons. The van der Waals surface area contributed by atoms with Gasteiger partial charge in [-0.2, -0.15) is 0 Å². The Bertz CT molecular complexity index is 704. The summed E-state index contributed by atoms with van der Waals surface area (Å²) in [5.41, 5.74) is 1.90. The molecule has 1 unspecified atom stereocenters. The minimum atomic E-state index is -0.868. The fourth-order valence-electron chi connectivity index (χ4n) is 2.90. The van der Waals surface area contributed by atoms with E-state index in [1.165, 1.54) is 6.92 Å². The molecule has 0 amide bonds. The summed E-state index contributed by atoms with van der Waals surface area (Å²) in [6.07, 6.45) is 2.15. The number of pyridine rings is 1. The average molecular weight is 307 g/mol. The highest BCUT2D eigenvalue weighted by Crippen LogP contribution is 2.36. The van der Waals surface area contributed by atoms with Gasteiger partial charge in [0.15, 0.2) is 5.78 Å². The van der Waals surface area contributed by atoms with E-state index in [-0.39, 0.29) is 5.78 Å². The molecule has 2 heterocycles. The lowest BCUT2D eigenvalue weighted by atomic mass is 10.0. The van der Waals surface area contributed by atoms with Crippen molar-refractivity contribution >= 4 is 34.0 Å². The van der Waals surface area contributed by atoms with E-state index in [0.29, 0.717) is 34.8 Å². The van der Waals surface area contributed by atoms with Gasteiger partial charge >= 0.3 is 0 Å². The summed E-state index contributed by atoms with van der Waals surface area (Å²) in [4.78, 5) is 18.3. The van der Waals surface area contributed by atoms with Crippen molar-refractivity contribution in [1.29, 1.82) is 0 Å². The molecule has 1 aliphatic rings. The fraction of sp³-hybridized carbons (Fsp3) is 0.375. The first-order valence-electron chi connectivity index (χ1n) is 7.05. The Balaban J connectivity index is 2.25. The number of fused-ring (bicyclic) bond motifs is 1. The van der Waals surface area contributed by atoms with Gasteiger partial charge in [0, 0.05) is 30.2 Å². The number of carbonyl (C=O) groups excluding carboxylic acids is 1. The number of hydrogen-bond acceptors (Lipinski definition) is 3. The number of ketones is 1. The van der Waals surface area contributed by atoms with Crippen molar-refractivity contribution in [2.45, 2.75) is 25.9 Å². The number of alkyl halides is 1. The van der Waals surface area contributed by atoms with Gasteiger partial charge in [-0.05, 0) is 38.0 Å². The smallest absolute Gasteiger partial charge is 0.162 e. The number of anilines is 1. The zero-order valence-electron chi connectivity index (χ0n) is 11.8. The zero-order valence-corrected chi connectivity index (χ0v) is 12.5. The Hall–Kier alpha value is -1.68. The van der Waals surface area contributed by atoms with Crippen LogP contribution in [0.1, 0.15) is 30.1 Å². The highest BCUT2D eigenvalue weighted by Gasteiger charge is 2.25. The predicted molar refractivity (Wildman–Crippen MR) is 83.1 cm³/mol. The number of Topliss-reactive ketones (excluding diaryl/α,β-unsaturated/α-hetero) is 1. The molecule has 21 heavy (non-hydrogen) atoms. The third kappa shape index (κ3) is 2.60. The van der Waals surface area contributed by atoms with Crippen molar-refractivity contribution in [1.82, 2.24) is 4.98 Å². The average Bonchev–Trinajstić information content (AvgIpc) is 2.47. The molecule has 1 aliphatic heterocycles. The molecule has 1 aromatic heterocycles. The van der Waals surface area contributed by atoms with Gasteiger partial charge in [0.25, 0.3) is 0 Å². The van der Waals surface area contributed by atoms with Crippen LogP contribution in [0.4, 0.5) is 10.1 Å². The quantitative estimate of drug-likeness (QED) is 0.785. The van der Waals surface area contributed by atoms with E-state index >= 15 is 0 Å². The zero-order chi connectivity index (χ0) is 15.0. The third-order valence-electron chi connectivity index (χ3n) is 3.87. The van der Waals surface area contributed by atoms with Crippen LogP contribution in [0.2, 0.25) is 5.02 Å². The van der Waals surface area contributed by atoms with E-state index in [9.17, 15) is 9.18 Å². The summed E-state index contributed by atoms with van der Waals surface area (Å²) in [6, 6.07) is 5.35. The molecular formula is C16H16ClFN2O.